The van der Waals surface area contributed by atoms with Crippen LogP contribution in [0, 0.1) is 5.41 Å². The number of hydrogen-bond donors (Lipinski definition) is 6. The predicted octanol–water partition coefficient (Wildman–Crippen LogP) is 2.07. The number of nitrogens with one attached hydrogen (secondary N) is 3. The number of aliphatic carboxylic acids is 1. The van der Waals surface area contributed by atoms with Gasteiger partial charge in [0.05, 0.1) is 0 Å². The number of carbonyl (C=O) groups excluding carboxylic acids is 2. The van der Waals surface area contributed by atoms with Gasteiger partial charge in [0.25, 0.3) is 5.91 Å². The summed E-state index contributed by atoms with van der Waals surface area (Å²) in [5.74, 6) is -2.04. The van der Waals surface area contributed by atoms with Crippen molar-refractivity contribution in [1.29, 1.82) is 5.41 Å². The van der Waals surface area contributed by atoms with Crippen molar-refractivity contribution in [3.8, 4) is 0 Å². The molecule has 0 bridgehead atoms. The Morgan fingerprint density at radius 2 is 1.55 bits per heavy atom. The van der Waals surface area contributed by atoms with Crippen molar-refractivity contribution in [2.45, 2.75) is 18.9 Å². The van der Waals surface area contributed by atoms with Crippen LogP contribution in [0.3, 0.4) is 0 Å². The summed E-state index contributed by atoms with van der Waals surface area (Å²) >= 11 is 0. The average molecular weight is 450 g/mol. The lowest BCUT2D eigenvalue weighted by Crippen LogP contribution is -2.41. The second kappa shape index (κ2) is 12.5. The summed E-state index contributed by atoms with van der Waals surface area (Å²) in [6, 6.07) is 20.7. The van der Waals surface area contributed by atoms with Crippen LogP contribution in [-0.4, -0.2) is 41.4 Å². The van der Waals surface area contributed by atoms with E-state index in [0.29, 0.717) is 24.1 Å². The van der Waals surface area contributed by atoms with Gasteiger partial charge in [0.2, 0.25) is 5.91 Å². The zero-order valence-corrected chi connectivity index (χ0v) is 18.0. The van der Waals surface area contributed by atoms with Gasteiger partial charge in [0.1, 0.15) is 6.04 Å². The molecule has 3 aromatic carbocycles. The van der Waals surface area contributed by atoms with E-state index < -0.39 is 17.9 Å². The number of nitrogens with two attached hydrogens (primary N) is 2. The summed E-state index contributed by atoms with van der Waals surface area (Å²) < 4.78 is 0. The van der Waals surface area contributed by atoms with E-state index in [2.05, 4.69) is 10.6 Å². The molecule has 0 saturated carbocycles. The second-order valence-corrected chi connectivity index (χ2v) is 7.10. The maximum absolute atomic E-state index is 11.9. The van der Waals surface area contributed by atoms with Gasteiger partial charge in [-0.15, -0.1) is 0 Å². The van der Waals surface area contributed by atoms with Crippen molar-refractivity contribution in [2.75, 3.05) is 6.54 Å². The third-order valence-corrected chi connectivity index (χ3v) is 4.68. The fraction of sp³-hybridized carbons (Fsp3) is 0.167. The zero-order chi connectivity index (χ0) is 24.2. The third kappa shape index (κ3) is 7.98. The van der Waals surface area contributed by atoms with Gasteiger partial charge in [-0.05, 0) is 41.8 Å². The molecule has 172 valence electrons. The first-order chi connectivity index (χ1) is 15.8. The van der Waals surface area contributed by atoms with Crippen molar-refractivity contribution in [3.05, 3.63) is 83.9 Å². The van der Waals surface area contributed by atoms with Gasteiger partial charge in [-0.2, -0.15) is 0 Å². The molecular formula is C24H27N5O4. The molecule has 0 saturated heterocycles. The van der Waals surface area contributed by atoms with E-state index in [1.165, 1.54) is 0 Å². The Morgan fingerprint density at radius 1 is 0.909 bits per heavy atom. The molecule has 0 radical (unpaired) electrons. The van der Waals surface area contributed by atoms with Crippen LogP contribution in [0.25, 0.3) is 10.8 Å². The highest BCUT2D eigenvalue weighted by atomic mass is 16.4. The van der Waals surface area contributed by atoms with Crippen molar-refractivity contribution < 1.29 is 19.5 Å². The number of carboxylic acid groups (broad SMARTS) is 1. The van der Waals surface area contributed by atoms with E-state index in [1.807, 2.05) is 36.4 Å². The van der Waals surface area contributed by atoms with Crippen LogP contribution in [0.15, 0.2) is 72.8 Å². The van der Waals surface area contributed by atoms with Crippen LogP contribution in [0.4, 0.5) is 0 Å². The van der Waals surface area contributed by atoms with Crippen LogP contribution < -0.4 is 22.1 Å². The summed E-state index contributed by atoms with van der Waals surface area (Å²) in [6.07, 6.45) is 0.736. The van der Waals surface area contributed by atoms with Crippen LogP contribution in [0.1, 0.15) is 33.6 Å². The molecule has 0 unspecified atom stereocenters. The molecule has 33 heavy (non-hydrogen) atoms. The number of hydrogen-bond acceptors (Lipinski definition) is 4. The van der Waals surface area contributed by atoms with Crippen LogP contribution in [-0.2, 0) is 4.79 Å². The van der Waals surface area contributed by atoms with Crippen LogP contribution in [0.5, 0.6) is 0 Å². The van der Waals surface area contributed by atoms with Gasteiger partial charge in [-0.1, -0.05) is 54.6 Å². The first kappa shape index (κ1) is 24.9. The largest absolute Gasteiger partial charge is 0.480 e. The molecule has 3 rings (SSSR count). The van der Waals surface area contributed by atoms with Gasteiger partial charge >= 0.3 is 5.97 Å². The number of amides is 2. The smallest absolute Gasteiger partial charge is 0.326 e. The first-order valence-corrected chi connectivity index (χ1v) is 10.2. The molecule has 0 aliphatic heterocycles. The quantitative estimate of drug-likeness (QED) is 0.174. The molecule has 0 spiro atoms. The van der Waals surface area contributed by atoms with E-state index in [9.17, 15) is 14.4 Å². The number of fused-ring (bicyclic) bond motifs is 1. The topological polar surface area (TPSA) is 171 Å². The Morgan fingerprint density at radius 3 is 2.18 bits per heavy atom. The van der Waals surface area contributed by atoms with Gasteiger partial charge < -0.3 is 27.2 Å². The highest BCUT2D eigenvalue weighted by molar-refractivity contribution is 6.06. The number of carbonyl (C=O) groups is 3. The minimum atomic E-state index is -1.09. The van der Waals surface area contributed by atoms with Gasteiger partial charge in [0.15, 0.2) is 5.96 Å². The Labute approximate surface area is 191 Å². The fourth-order valence-electron chi connectivity index (χ4n) is 3.06. The number of carboxylic acids is 1. The van der Waals surface area contributed by atoms with Gasteiger partial charge in [0, 0.05) is 17.7 Å². The molecule has 9 nitrogen and oxygen atoms in total. The van der Waals surface area contributed by atoms with E-state index in [4.69, 9.17) is 22.0 Å². The van der Waals surface area contributed by atoms with Crippen molar-refractivity contribution in [1.82, 2.24) is 10.6 Å². The van der Waals surface area contributed by atoms with E-state index in [-0.39, 0.29) is 18.3 Å². The molecular weight excluding hydrogens is 422 g/mol. The summed E-state index contributed by atoms with van der Waals surface area (Å²) in [5.41, 5.74) is 11.4. The van der Waals surface area contributed by atoms with Crippen LogP contribution >= 0.6 is 0 Å². The third-order valence-electron chi connectivity index (χ3n) is 4.68. The fourth-order valence-corrected chi connectivity index (χ4v) is 3.06. The first-order valence-electron chi connectivity index (χ1n) is 10.2. The Hall–Kier alpha value is -4.40. The maximum atomic E-state index is 11.9. The molecule has 0 fully saturated rings. The van der Waals surface area contributed by atoms with Crippen molar-refractivity contribution in [3.63, 3.8) is 0 Å². The number of guanidine groups is 1. The number of rotatable bonds is 8. The Kier molecular flexibility index (Phi) is 9.38. The monoisotopic (exact) mass is 449 g/mol. The molecule has 1 atom stereocenters. The molecule has 0 aromatic heterocycles. The molecule has 0 heterocycles. The minimum absolute atomic E-state index is 0.162. The summed E-state index contributed by atoms with van der Waals surface area (Å²) in [7, 11) is 0. The lowest BCUT2D eigenvalue weighted by molar-refractivity contribution is -0.139. The van der Waals surface area contributed by atoms with E-state index in [1.54, 1.807) is 36.4 Å². The molecule has 3 aromatic rings. The standard InChI is InChI=1S/C13H18N4O3.C11H9NO/c14-13(15)16-8-4-7-10(12(19)20)17-11(18)9-5-2-1-3-6-9;12-11(13)10-7-3-5-8-4-1-2-6-9(8)10/h1-3,5-6,10H,4,7-8H2,(H,17,18)(H,19,20)(H4,14,15,16);1-7H,(H2,12,13)/t10-;/m0./s1. The lowest BCUT2D eigenvalue weighted by atomic mass is 10.0. The maximum Gasteiger partial charge on any atom is 0.326 e. The predicted molar refractivity (Wildman–Crippen MR) is 127 cm³/mol. The summed E-state index contributed by atoms with van der Waals surface area (Å²) in [6.45, 7) is 0.389. The summed E-state index contributed by atoms with van der Waals surface area (Å²) in [4.78, 5) is 34.0. The molecule has 0 aliphatic carbocycles. The highest BCUT2D eigenvalue weighted by Gasteiger charge is 2.20. The average Bonchev–Trinajstić information content (AvgIpc) is 2.81. The van der Waals surface area contributed by atoms with Gasteiger partial charge in [-0.3, -0.25) is 15.0 Å². The SMILES string of the molecule is N=C(N)NCCC[C@H](NC(=O)c1ccccc1)C(=O)O.NC(=O)c1cccc2ccccc12. The normalized spacial score (nSPS) is 10.9. The molecule has 0 aliphatic rings. The highest BCUT2D eigenvalue weighted by Crippen LogP contribution is 2.17. The Bertz CT molecular complexity index is 1110. The van der Waals surface area contributed by atoms with E-state index >= 15 is 0 Å². The van der Waals surface area contributed by atoms with Crippen LogP contribution in [0.2, 0.25) is 0 Å². The van der Waals surface area contributed by atoms with Crippen molar-refractivity contribution >= 4 is 34.5 Å². The number of benzene rings is 3. The van der Waals surface area contributed by atoms with Crippen molar-refractivity contribution in [2.24, 2.45) is 11.5 Å². The number of primary amides is 1. The lowest BCUT2D eigenvalue weighted by Gasteiger charge is -2.14. The second-order valence-electron chi connectivity index (χ2n) is 7.10. The summed E-state index contributed by atoms with van der Waals surface area (Å²) in [5, 5.41) is 23.1. The zero-order valence-electron chi connectivity index (χ0n) is 18.0. The molecule has 9 heteroatoms. The molecule has 2 amide bonds. The van der Waals surface area contributed by atoms with E-state index in [0.717, 1.165) is 10.8 Å². The molecule has 8 N–H and O–H groups in total. The Balaban J connectivity index is 0.000000254. The minimum Gasteiger partial charge on any atom is -0.480 e. The van der Waals surface area contributed by atoms with Gasteiger partial charge in [-0.25, -0.2) is 4.79 Å².